The SMILES string of the molecule is c1nc2nc(C3CCCCCCCCCC3)sc2cc1C1CCCCCCCCCCC1. The van der Waals surface area contributed by atoms with Crippen molar-refractivity contribution in [2.24, 2.45) is 0 Å². The molecule has 2 aromatic heterocycles. The first kappa shape index (κ1) is 24.2. The zero-order valence-electron chi connectivity index (χ0n) is 20.5. The fraction of sp³-hybridized carbons (Fsp3) is 0.793. The molecular weight excluding hydrogens is 408 g/mol. The summed E-state index contributed by atoms with van der Waals surface area (Å²) in [7, 11) is 0. The highest BCUT2D eigenvalue weighted by Gasteiger charge is 2.19. The van der Waals surface area contributed by atoms with E-state index >= 15 is 0 Å². The van der Waals surface area contributed by atoms with E-state index in [0.717, 1.165) is 5.65 Å². The molecule has 2 heterocycles. The molecule has 0 aromatic carbocycles. The molecule has 32 heavy (non-hydrogen) atoms. The summed E-state index contributed by atoms with van der Waals surface area (Å²) in [5.74, 6) is 1.37. The van der Waals surface area contributed by atoms with Crippen molar-refractivity contribution in [1.29, 1.82) is 0 Å². The van der Waals surface area contributed by atoms with E-state index in [1.165, 1.54) is 150 Å². The Morgan fingerprint density at radius 2 is 1.00 bits per heavy atom. The highest BCUT2D eigenvalue weighted by molar-refractivity contribution is 7.18. The van der Waals surface area contributed by atoms with Gasteiger partial charge >= 0.3 is 0 Å². The Hall–Kier alpha value is -0.960. The van der Waals surface area contributed by atoms with E-state index < -0.39 is 0 Å². The monoisotopic (exact) mass is 454 g/mol. The highest BCUT2D eigenvalue weighted by atomic mass is 32.1. The minimum absolute atomic E-state index is 0.664. The van der Waals surface area contributed by atoms with Crippen LogP contribution >= 0.6 is 11.3 Å². The highest BCUT2D eigenvalue weighted by Crippen LogP contribution is 2.36. The maximum atomic E-state index is 5.06. The first-order chi connectivity index (χ1) is 15.9. The van der Waals surface area contributed by atoms with Gasteiger partial charge in [-0.05, 0) is 43.2 Å². The van der Waals surface area contributed by atoms with E-state index in [2.05, 4.69) is 12.3 Å². The summed E-state index contributed by atoms with van der Waals surface area (Å²) >= 11 is 1.96. The van der Waals surface area contributed by atoms with E-state index in [1.807, 2.05) is 11.3 Å². The van der Waals surface area contributed by atoms with Crippen LogP contribution in [-0.4, -0.2) is 9.97 Å². The predicted molar refractivity (Wildman–Crippen MR) is 140 cm³/mol. The van der Waals surface area contributed by atoms with Gasteiger partial charge in [-0.15, -0.1) is 11.3 Å². The summed E-state index contributed by atoms with van der Waals surface area (Å²) < 4.78 is 1.35. The van der Waals surface area contributed by atoms with Crippen molar-refractivity contribution in [3.05, 3.63) is 22.8 Å². The molecule has 2 aliphatic carbocycles. The Morgan fingerprint density at radius 3 is 1.50 bits per heavy atom. The Morgan fingerprint density at radius 1 is 0.562 bits per heavy atom. The molecule has 2 aliphatic rings. The van der Waals surface area contributed by atoms with Gasteiger partial charge in [0.05, 0.1) is 9.71 Å². The second kappa shape index (κ2) is 13.7. The van der Waals surface area contributed by atoms with Crippen molar-refractivity contribution in [1.82, 2.24) is 9.97 Å². The normalized spacial score (nSPS) is 22.6. The molecule has 2 saturated carbocycles. The third-order valence-electron chi connectivity index (χ3n) is 8.07. The number of thiazole rings is 1. The lowest BCUT2D eigenvalue weighted by atomic mass is 9.88. The van der Waals surface area contributed by atoms with E-state index in [1.54, 1.807) is 0 Å². The third kappa shape index (κ3) is 7.54. The van der Waals surface area contributed by atoms with Crippen molar-refractivity contribution in [2.45, 2.75) is 147 Å². The number of hydrogen-bond donors (Lipinski definition) is 0. The Labute approximate surface area is 201 Å². The van der Waals surface area contributed by atoms with Gasteiger partial charge in [-0.3, -0.25) is 0 Å². The molecule has 0 atom stereocenters. The topological polar surface area (TPSA) is 25.8 Å². The minimum atomic E-state index is 0.664. The molecular formula is C29H46N2S. The molecule has 0 unspecified atom stereocenters. The number of pyridine rings is 1. The van der Waals surface area contributed by atoms with Crippen LogP contribution in [0.25, 0.3) is 10.3 Å². The average Bonchev–Trinajstić information content (AvgIpc) is 3.19. The second-order valence-electron chi connectivity index (χ2n) is 10.7. The van der Waals surface area contributed by atoms with Crippen LogP contribution in [0, 0.1) is 0 Å². The van der Waals surface area contributed by atoms with Gasteiger partial charge < -0.3 is 0 Å². The van der Waals surface area contributed by atoms with Crippen LogP contribution in [-0.2, 0) is 0 Å². The van der Waals surface area contributed by atoms with Gasteiger partial charge in [-0.25, -0.2) is 9.97 Å². The first-order valence-corrected chi connectivity index (χ1v) is 15.0. The van der Waals surface area contributed by atoms with Gasteiger partial charge in [-0.2, -0.15) is 0 Å². The van der Waals surface area contributed by atoms with Crippen molar-refractivity contribution in [2.75, 3.05) is 0 Å². The molecule has 2 fully saturated rings. The van der Waals surface area contributed by atoms with E-state index in [4.69, 9.17) is 9.97 Å². The maximum absolute atomic E-state index is 5.06. The maximum Gasteiger partial charge on any atom is 0.170 e. The van der Waals surface area contributed by atoms with E-state index in [0.29, 0.717) is 11.8 Å². The Bertz CT molecular complexity index is 759. The Kier molecular flexibility index (Phi) is 10.3. The van der Waals surface area contributed by atoms with E-state index in [9.17, 15) is 0 Å². The van der Waals surface area contributed by atoms with Crippen molar-refractivity contribution in [3.8, 4) is 0 Å². The van der Waals surface area contributed by atoms with Crippen LogP contribution in [0.15, 0.2) is 12.3 Å². The molecule has 0 saturated heterocycles. The number of hydrogen-bond acceptors (Lipinski definition) is 3. The van der Waals surface area contributed by atoms with Crippen LogP contribution in [0.1, 0.15) is 157 Å². The third-order valence-corrected chi connectivity index (χ3v) is 9.22. The van der Waals surface area contributed by atoms with Gasteiger partial charge in [0, 0.05) is 12.1 Å². The first-order valence-electron chi connectivity index (χ1n) is 14.2. The van der Waals surface area contributed by atoms with Crippen LogP contribution in [0.2, 0.25) is 0 Å². The fourth-order valence-electron chi connectivity index (χ4n) is 5.98. The standard InChI is InChI=1S/C29H46N2S/c1-2-6-10-14-18-24(19-15-11-7-3-1)26-22-27-28(30-23-26)31-29(32-27)25-20-16-12-8-4-5-9-13-17-21-25/h22-25H,1-21H2. The fourth-order valence-corrected chi connectivity index (χ4v) is 7.12. The summed E-state index contributed by atoms with van der Waals surface area (Å²) in [6.07, 6.45) is 31.7. The van der Waals surface area contributed by atoms with Crippen molar-refractivity contribution < 1.29 is 0 Å². The van der Waals surface area contributed by atoms with E-state index in [-0.39, 0.29) is 0 Å². The lowest BCUT2D eigenvalue weighted by molar-refractivity contribution is 0.467. The van der Waals surface area contributed by atoms with Crippen molar-refractivity contribution in [3.63, 3.8) is 0 Å². The molecule has 178 valence electrons. The summed E-state index contributed by atoms with van der Waals surface area (Å²) in [6.45, 7) is 0. The summed E-state index contributed by atoms with van der Waals surface area (Å²) in [4.78, 5) is 9.95. The molecule has 4 rings (SSSR count). The average molecular weight is 455 g/mol. The molecule has 2 aromatic rings. The van der Waals surface area contributed by atoms with Gasteiger partial charge in [-0.1, -0.05) is 109 Å². The van der Waals surface area contributed by atoms with Gasteiger partial charge in [0.15, 0.2) is 5.65 Å². The summed E-state index contributed by atoms with van der Waals surface area (Å²) in [5.41, 5.74) is 2.50. The molecule has 2 nitrogen and oxygen atoms in total. The lowest BCUT2D eigenvalue weighted by Crippen LogP contribution is -2.01. The van der Waals surface area contributed by atoms with Gasteiger partial charge in [0.1, 0.15) is 0 Å². The number of nitrogens with zero attached hydrogens (tertiary/aromatic N) is 2. The van der Waals surface area contributed by atoms with Crippen molar-refractivity contribution >= 4 is 21.7 Å². The number of aromatic nitrogens is 2. The zero-order chi connectivity index (χ0) is 21.8. The molecule has 0 amide bonds. The summed E-state index contributed by atoms with van der Waals surface area (Å²) in [5, 5.41) is 1.38. The number of rotatable bonds is 2. The van der Waals surface area contributed by atoms with Gasteiger partial charge in [0.25, 0.3) is 0 Å². The quantitative estimate of drug-likeness (QED) is 0.451. The second-order valence-corrected chi connectivity index (χ2v) is 11.8. The van der Waals surface area contributed by atoms with Gasteiger partial charge in [0.2, 0.25) is 0 Å². The molecule has 0 N–H and O–H groups in total. The minimum Gasteiger partial charge on any atom is -0.236 e. The lowest BCUT2D eigenvalue weighted by Gasteiger charge is -2.18. The van der Waals surface area contributed by atoms with Crippen LogP contribution < -0.4 is 0 Å². The predicted octanol–water partition coefficient (Wildman–Crippen LogP) is 10.1. The number of fused-ring (bicyclic) bond motifs is 1. The van der Waals surface area contributed by atoms with Crippen LogP contribution in [0.4, 0.5) is 0 Å². The summed E-state index contributed by atoms with van der Waals surface area (Å²) in [6, 6.07) is 2.48. The Balaban J connectivity index is 1.45. The molecule has 0 bridgehead atoms. The molecule has 0 aliphatic heterocycles. The molecule has 0 radical (unpaired) electrons. The smallest absolute Gasteiger partial charge is 0.170 e. The largest absolute Gasteiger partial charge is 0.236 e. The molecule has 0 spiro atoms. The van der Waals surface area contributed by atoms with Crippen LogP contribution in [0.3, 0.4) is 0 Å². The zero-order valence-corrected chi connectivity index (χ0v) is 21.3. The molecule has 3 heteroatoms. The van der Waals surface area contributed by atoms with Crippen LogP contribution in [0.5, 0.6) is 0 Å².